The first-order valence-corrected chi connectivity index (χ1v) is 8.91. The van der Waals surface area contributed by atoms with Gasteiger partial charge >= 0.3 is 0 Å². The van der Waals surface area contributed by atoms with Crippen molar-refractivity contribution < 1.29 is 9.53 Å². The summed E-state index contributed by atoms with van der Waals surface area (Å²) < 4.78 is 5.69. The highest BCUT2D eigenvalue weighted by Crippen LogP contribution is 2.23. The predicted molar refractivity (Wildman–Crippen MR) is 106 cm³/mol. The Bertz CT molecular complexity index is 990. The van der Waals surface area contributed by atoms with Gasteiger partial charge in [-0.3, -0.25) is 14.6 Å². The lowest BCUT2D eigenvalue weighted by Crippen LogP contribution is -2.18. The van der Waals surface area contributed by atoms with E-state index in [1.54, 1.807) is 24.3 Å². The van der Waals surface area contributed by atoms with Crippen molar-refractivity contribution in [2.24, 2.45) is 0 Å². The number of ether oxygens (including phenoxy) is 1. The Balaban J connectivity index is 1.54. The molecule has 8 nitrogen and oxygen atoms in total. The number of aromatic nitrogens is 2. The smallest absolute Gasteiger partial charge is 0.276 e. The van der Waals surface area contributed by atoms with Crippen molar-refractivity contribution in [1.82, 2.24) is 9.97 Å². The fraction of sp³-hybridized carbons (Fsp3) is 0.0556. The third-order valence-corrected chi connectivity index (χ3v) is 4.29. The van der Waals surface area contributed by atoms with Crippen molar-refractivity contribution >= 4 is 34.9 Å². The van der Waals surface area contributed by atoms with Crippen molar-refractivity contribution in [3.05, 3.63) is 65.0 Å². The largest absolute Gasteiger partial charge is 0.457 e. The Morgan fingerprint density at radius 1 is 1.07 bits per heavy atom. The molecule has 0 aliphatic carbocycles. The number of thioether (sulfide) groups is 1. The van der Waals surface area contributed by atoms with E-state index in [9.17, 15) is 9.59 Å². The Morgan fingerprint density at radius 2 is 1.74 bits per heavy atom. The molecular weight excluding hydrogens is 366 g/mol. The minimum Gasteiger partial charge on any atom is -0.457 e. The zero-order valence-electron chi connectivity index (χ0n) is 14.1. The van der Waals surface area contributed by atoms with E-state index in [0.717, 1.165) is 17.5 Å². The number of carbonyl (C=O) groups is 1. The number of hydrogen-bond donors (Lipinski definition) is 4. The highest BCUT2D eigenvalue weighted by molar-refractivity contribution is 7.99. The normalized spacial score (nSPS) is 10.4. The second-order valence-electron chi connectivity index (χ2n) is 5.45. The van der Waals surface area contributed by atoms with Gasteiger partial charge in [0.05, 0.1) is 5.75 Å². The van der Waals surface area contributed by atoms with Crippen molar-refractivity contribution in [1.29, 1.82) is 0 Å². The molecule has 0 aliphatic rings. The van der Waals surface area contributed by atoms with Gasteiger partial charge in [-0.25, -0.2) is 4.98 Å². The number of aromatic amines is 1. The molecule has 9 heteroatoms. The van der Waals surface area contributed by atoms with E-state index < -0.39 is 5.56 Å². The Morgan fingerprint density at radius 3 is 2.41 bits per heavy atom. The van der Waals surface area contributed by atoms with Crippen molar-refractivity contribution in [2.75, 3.05) is 22.5 Å². The molecule has 6 N–H and O–H groups in total. The number of para-hydroxylation sites is 1. The summed E-state index contributed by atoms with van der Waals surface area (Å²) in [4.78, 5) is 30.0. The summed E-state index contributed by atoms with van der Waals surface area (Å²) in [6, 6.07) is 16.4. The zero-order valence-corrected chi connectivity index (χ0v) is 15.0. The molecule has 0 atom stereocenters. The highest BCUT2D eigenvalue weighted by atomic mass is 32.2. The lowest BCUT2D eigenvalue weighted by Gasteiger charge is -2.08. The molecule has 3 rings (SSSR count). The molecule has 0 radical (unpaired) electrons. The number of hydrogen-bond acceptors (Lipinski definition) is 7. The lowest BCUT2D eigenvalue weighted by atomic mass is 10.3. The molecule has 1 aromatic heterocycles. The molecule has 0 spiro atoms. The number of nitrogens with one attached hydrogen (secondary N) is 2. The molecule has 27 heavy (non-hydrogen) atoms. The molecule has 2 aromatic carbocycles. The van der Waals surface area contributed by atoms with Gasteiger partial charge in [0.1, 0.15) is 17.2 Å². The molecule has 0 saturated heterocycles. The number of rotatable bonds is 6. The number of H-pyrrole nitrogens is 1. The molecule has 0 bridgehead atoms. The quantitative estimate of drug-likeness (QED) is 0.379. The first-order valence-electron chi connectivity index (χ1n) is 7.92. The molecule has 3 aromatic rings. The molecular formula is C18H17N5O3S. The van der Waals surface area contributed by atoms with Gasteiger partial charge in [0.25, 0.3) is 5.56 Å². The first kappa shape index (κ1) is 18.3. The van der Waals surface area contributed by atoms with Crippen molar-refractivity contribution in [3.63, 3.8) is 0 Å². The van der Waals surface area contributed by atoms with Crippen LogP contribution in [0.2, 0.25) is 0 Å². The van der Waals surface area contributed by atoms with E-state index >= 15 is 0 Å². The molecule has 0 fully saturated rings. The van der Waals surface area contributed by atoms with Crippen LogP contribution in [0.15, 0.2) is 64.5 Å². The molecule has 0 unspecified atom stereocenters. The van der Waals surface area contributed by atoms with Crippen LogP contribution in [0.5, 0.6) is 11.5 Å². The van der Waals surface area contributed by atoms with Crippen molar-refractivity contribution in [2.45, 2.75) is 5.16 Å². The third kappa shape index (κ3) is 5.02. The number of nitrogen functional groups attached to an aromatic ring is 2. The van der Waals surface area contributed by atoms with Gasteiger partial charge in [0.2, 0.25) is 5.91 Å². The maximum Gasteiger partial charge on any atom is 0.276 e. The number of nitrogens with zero attached hydrogens (tertiary/aromatic N) is 1. The van der Waals surface area contributed by atoms with E-state index in [4.69, 9.17) is 16.2 Å². The van der Waals surface area contributed by atoms with Gasteiger partial charge in [-0.1, -0.05) is 30.0 Å². The van der Waals surface area contributed by atoms with Gasteiger partial charge in [-0.15, -0.1) is 0 Å². The maximum atomic E-state index is 12.1. The van der Waals surface area contributed by atoms with Crippen LogP contribution in [0.3, 0.4) is 0 Å². The van der Waals surface area contributed by atoms with Crippen LogP contribution in [-0.4, -0.2) is 21.6 Å². The number of nitrogens with two attached hydrogens (primary N) is 2. The Hall–Kier alpha value is -3.46. The summed E-state index contributed by atoms with van der Waals surface area (Å²) in [6.07, 6.45) is 0. The Labute approximate surface area is 159 Å². The number of benzene rings is 2. The average molecular weight is 383 g/mol. The van der Waals surface area contributed by atoms with Gasteiger partial charge in [-0.05, 0) is 36.4 Å². The van der Waals surface area contributed by atoms with Crippen molar-refractivity contribution in [3.8, 4) is 11.5 Å². The van der Waals surface area contributed by atoms with Crippen LogP contribution in [0, 0.1) is 0 Å². The summed E-state index contributed by atoms with van der Waals surface area (Å²) in [5.74, 6) is 1.13. The third-order valence-electron chi connectivity index (χ3n) is 3.42. The van der Waals surface area contributed by atoms with E-state index in [2.05, 4.69) is 15.3 Å². The van der Waals surface area contributed by atoms with Gasteiger partial charge < -0.3 is 21.5 Å². The molecule has 0 saturated carbocycles. The summed E-state index contributed by atoms with van der Waals surface area (Å²) in [5.41, 5.74) is 10.9. The second kappa shape index (κ2) is 8.28. The van der Waals surface area contributed by atoms with Gasteiger partial charge in [-0.2, -0.15) is 0 Å². The minimum absolute atomic E-state index is 0.0502. The highest BCUT2D eigenvalue weighted by Gasteiger charge is 2.09. The maximum absolute atomic E-state index is 12.1. The van der Waals surface area contributed by atoms with Gasteiger partial charge in [0, 0.05) is 5.69 Å². The standard InChI is InChI=1S/C18H17N5O3S/c19-15-16(20)22-18(23-17(15)25)27-10-14(24)21-11-6-8-13(9-7-11)26-12-4-2-1-3-5-12/h1-9H,10,19H2,(H,21,24)(H3,20,22,23,25). The number of amides is 1. The van der Waals surface area contributed by atoms with Crippen LogP contribution in [0.25, 0.3) is 0 Å². The molecule has 138 valence electrons. The fourth-order valence-corrected chi connectivity index (χ4v) is 2.78. The van der Waals surface area contributed by atoms with Crippen LogP contribution < -0.4 is 27.1 Å². The SMILES string of the molecule is Nc1nc(SCC(=O)Nc2ccc(Oc3ccccc3)cc2)[nH]c(=O)c1N. The van der Waals surface area contributed by atoms with Crippen LogP contribution in [-0.2, 0) is 4.79 Å². The summed E-state index contributed by atoms with van der Waals surface area (Å²) in [5, 5.41) is 2.98. The zero-order chi connectivity index (χ0) is 19.2. The van der Waals surface area contributed by atoms with E-state index in [-0.39, 0.29) is 28.3 Å². The predicted octanol–water partition coefficient (Wildman–Crippen LogP) is 2.46. The summed E-state index contributed by atoms with van der Waals surface area (Å²) in [7, 11) is 0. The lowest BCUT2D eigenvalue weighted by molar-refractivity contribution is -0.113. The van der Waals surface area contributed by atoms with Crippen LogP contribution in [0.1, 0.15) is 0 Å². The van der Waals surface area contributed by atoms with Crippen LogP contribution >= 0.6 is 11.8 Å². The summed E-state index contributed by atoms with van der Waals surface area (Å²) >= 11 is 1.05. The molecule has 0 aliphatic heterocycles. The minimum atomic E-state index is -0.528. The molecule has 1 amide bonds. The topological polar surface area (TPSA) is 136 Å². The number of carbonyl (C=O) groups excluding carboxylic acids is 1. The average Bonchev–Trinajstić information content (AvgIpc) is 2.67. The fourth-order valence-electron chi connectivity index (χ4n) is 2.11. The van der Waals surface area contributed by atoms with E-state index in [1.165, 1.54) is 0 Å². The Kier molecular flexibility index (Phi) is 5.62. The second-order valence-corrected chi connectivity index (χ2v) is 6.41. The van der Waals surface area contributed by atoms with E-state index in [0.29, 0.717) is 11.4 Å². The summed E-state index contributed by atoms with van der Waals surface area (Å²) in [6.45, 7) is 0. The molecule has 1 heterocycles. The van der Waals surface area contributed by atoms with Gasteiger partial charge in [0.15, 0.2) is 11.0 Å². The monoisotopic (exact) mass is 383 g/mol. The van der Waals surface area contributed by atoms with E-state index in [1.807, 2.05) is 30.3 Å². The van der Waals surface area contributed by atoms with Crippen LogP contribution in [0.4, 0.5) is 17.2 Å². The first-order chi connectivity index (χ1) is 13.0. The number of anilines is 3.